The van der Waals surface area contributed by atoms with Crippen LogP contribution < -0.4 is 10.5 Å². The van der Waals surface area contributed by atoms with Crippen molar-refractivity contribution in [3.63, 3.8) is 0 Å². The second-order valence-corrected chi connectivity index (χ2v) is 6.63. The Balaban J connectivity index is 1.53. The van der Waals surface area contributed by atoms with Crippen LogP contribution in [0.5, 0.6) is 5.75 Å². The first-order valence-electron chi connectivity index (χ1n) is 8.45. The molecule has 1 aromatic rings. The van der Waals surface area contributed by atoms with E-state index in [0.29, 0.717) is 6.04 Å². The lowest BCUT2D eigenvalue weighted by Gasteiger charge is -2.32. The number of ether oxygens (including phenoxy) is 1. The van der Waals surface area contributed by atoms with Crippen molar-refractivity contribution >= 4 is 0 Å². The fourth-order valence-electron chi connectivity index (χ4n) is 3.74. The van der Waals surface area contributed by atoms with Crippen LogP contribution in [0.2, 0.25) is 0 Å². The van der Waals surface area contributed by atoms with Crippen molar-refractivity contribution in [2.24, 2.45) is 5.73 Å². The smallest absolute Gasteiger partial charge is 0.119 e. The van der Waals surface area contributed by atoms with E-state index in [4.69, 9.17) is 10.5 Å². The van der Waals surface area contributed by atoms with E-state index in [-0.39, 0.29) is 6.04 Å². The first-order valence-corrected chi connectivity index (χ1v) is 8.45. The van der Waals surface area contributed by atoms with Crippen molar-refractivity contribution in [1.29, 1.82) is 0 Å². The summed E-state index contributed by atoms with van der Waals surface area (Å²) in [5.74, 6) is 1.02. The molecule has 0 aromatic heterocycles. The molecule has 0 bridgehead atoms. The molecule has 2 aliphatic rings. The van der Waals surface area contributed by atoms with Crippen molar-refractivity contribution < 1.29 is 4.74 Å². The van der Waals surface area contributed by atoms with Gasteiger partial charge in [0, 0.05) is 12.1 Å². The van der Waals surface area contributed by atoms with Gasteiger partial charge in [-0.15, -0.1) is 0 Å². The molecular weight excluding hydrogens is 260 g/mol. The highest BCUT2D eigenvalue weighted by atomic mass is 16.5. The number of fused-ring (bicyclic) bond motifs is 1. The van der Waals surface area contributed by atoms with Crippen molar-refractivity contribution in [3.05, 3.63) is 29.3 Å². The number of benzene rings is 1. The molecule has 0 saturated carbocycles. The van der Waals surface area contributed by atoms with Gasteiger partial charge in [-0.05, 0) is 75.4 Å². The molecule has 1 aliphatic carbocycles. The van der Waals surface area contributed by atoms with Gasteiger partial charge in [-0.3, -0.25) is 0 Å². The van der Waals surface area contributed by atoms with Gasteiger partial charge < -0.3 is 15.4 Å². The normalized spacial score (nSPS) is 26.4. The van der Waals surface area contributed by atoms with Crippen LogP contribution in [-0.2, 0) is 6.42 Å². The Kier molecular flexibility index (Phi) is 4.81. The quantitative estimate of drug-likeness (QED) is 0.924. The maximum atomic E-state index is 6.16. The van der Waals surface area contributed by atoms with Crippen molar-refractivity contribution in [2.75, 3.05) is 20.2 Å². The highest BCUT2D eigenvalue weighted by molar-refractivity contribution is 5.38. The fraction of sp³-hybridized carbons (Fsp3) is 0.667. The molecule has 116 valence electrons. The van der Waals surface area contributed by atoms with Crippen LogP contribution in [0, 0.1) is 0 Å². The molecule has 0 radical (unpaired) electrons. The minimum atomic E-state index is 0.221. The molecule has 1 aromatic carbocycles. The molecular formula is C18H28N2O. The summed E-state index contributed by atoms with van der Waals surface area (Å²) in [6.07, 6.45) is 8.62. The Morgan fingerprint density at radius 1 is 1.24 bits per heavy atom. The lowest BCUT2D eigenvalue weighted by molar-refractivity contribution is 0.153. The van der Waals surface area contributed by atoms with Gasteiger partial charge in [0.15, 0.2) is 0 Å². The molecule has 3 nitrogen and oxygen atoms in total. The van der Waals surface area contributed by atoms with Gasteiger partial charge in [-0.2, -0.15) is 0 Å². The van der Waals surface area contributed by atoms with Gasteiger partial charge in [0.1, 0.15) is 5.75 Å². The summed E-state index contributed by atoms with van der Waals surface area (Å²) in [4.78, 5) is 2.48. The number of aryl methyl sites for hydroxylation is 1. The number of rotatable bonds is 4. The molecule has 21 heavy (non-hydrogen) atoms. The molecule has 1 aliphatic heterocycles. The van der Waals surface area contributed by atoms with Gasteiger partial charge in [0.2, 0.25) is 0 Å². The van der Waals surface area contributed by atoms with Crippen LogP contribution in [0.4, 0.5) is 0 Å². The third-order valence-corrected chi connectivity index (χ3v) is 5.12. The van der Waals surface area contributed by atoms with E-state index in [1.807, 2.05) is 0 Å². The summed E-state index contributed by atoms with van der Waals surface area (Å²) in [6, 6.07) is 7.39. The van der Waals surface area contributed by atoms with E-state index in [2.05, 4.69) is 30.1 Å². The molecule has 0 spiro atoms. The molecule has 3 rings (SSSR count). The molecule has 2 unspecified atom stereocenters. The van der Waals surface area contributed by atoms with E-state index in [1.165, 1.54) is 43.4 Å². The van der Waals surface area contributed by atoms with Crippen LogP contribution in [0.1, 0.15) is 55.7 Å². The molecule has 1 fully saturated rings. The highest BCUT2D eigenvalue weighted by Gasteiger charge is 2.19. The number of nitrogens with two attached hydrogens (primary N) is 1. The van der Waals surface area contributed by atoms with E-state index in [1.54, 1.807) is 0 Å². The summed E-state index contributed by atoms with van der Waals surface area (Å²) in [6.45, 7) is 2.06. The van der Waals surface area contributed by atoms with E-state index < -0.39 is 0 Å². The lowest BCUT2D eigenvalue weighted by atomic mass is 9.88. The predicted molar refractivity (Wildman–Crippen MR) is 86.7 cm³/mol. The zero-order valence-corrected chi connectivity index (χ0v) is 13.2. The zero-order valence-electron chi connectivity index (χ0n) is 13.2. The molecule has 2 atom stereocenters. The van der Waals surface area contributed by atoms with Crippen LogP contribution in [0.15, 0.2) is 18.2 Å². The summed E-state index contributed by atoms with van der Waals surface area (Å²) in [5.41, 5.74) is 8.87. The van der Waals surface area contributed by atoms with Gasteiger partial charge in [-0.25, -0.2) is 0 Å². The van der Waals surface area contributed by atoms with E-state index in [0.717, 1.165) is 31.6 Å². The largest absolute Gasteiger partial charge is 0.494 e. The second-order valence-electron chi connectivity index (χ2n) is 6.63. The van der Waals surface area contributed by atoms with Crippen LogP contribution in [0.25, 0.3) is 0 Å². The fourth-order valence-corrected chi connectivity index (χ4v) is 3.74. The topological polar surface area (TPSA) is 38.5 Å². The van der Waals surface area contributed by atoms with Crippen LogP contribution in [0.3, 0.4) is 0 Å². The number of hydrogen-bond donors (Lipinski definition) is 1. The SMILES string of the molecule is CN1CCCCC1CCOc1ccc2c(c1)CCCC2N. The Hall–Kier alpha value is -1.06. The number of nitrogens with zero attached hydrogens (tertiary/aromatic N) is 1. The number of likely N-dealkylation sites (tertiary alicyclic amines) is 1. The van der Waals surface area contributed by atoms with Gasteiger partial charge >= 0.3 is 0 Å². The molecule has 1 saturated heterocycles. The molecule has 0 amide bonds. The third kappa shape index (κ3) is 3.58. The van der Waals surface area contributed by atoms with E-state index >= 15 is 0 Å². The average Bonchev–Trinajstić information content (AvgIpc) is 2.49. The highest BCUT2D eigenvalue weighted by Crippen LogP contribution is 2.30. The lowest BCUT2D eigenvalue weighted by Crippen LogP contribution is -2.37. The van der Waals surface area contributed by atoms with Crippen molar-refractivity contribution in [3.8, 4) is 5.75 Å². The van der Waals surface area contributed by atoms with Gasteiger partial charge in [0.05, 0.1) is 6.61 Å². The Morgan fingerprint density at radius 2 is 2.14 bits per heavy atom. The third-order valence-electron chi connectivity index (χ3n) is 5.12. The summed E-state index contributed by atoms with van der Waals surface area (Å²) in [5, 5.41) is 0. The summed E-state index contributed by atoms with van der Waals surface area (Å²) in [7, 11) is 2.24. The van der Waals surface area contributed by atoms with Gasteiger partial charge in [0.25, 0.3) is 0 Å². The number of piperidine rings is 1. The average molecular weight is 288 g/mol. The Morgan fingerprint density at radius 3 is 3.00 bits per heavy atom. The van der Waals surface area contributed by atoms with Gasteiger partial charge in [-0.1, -0.05) is 12.5 Å². The monoisotopic (exact) mass is 288 g/mol. The summed E-state index contributed by atoms with van der Waals surface area (Å²) >= 11 is 0. The van der Waals surface area contributed by atoms with Crippen LogP contribution >= 0.6 is 0 Å². The van der Waals surface area contributed by atoms with Crippen molar-refractivity contribution in [1.82, 2.24) is 4.90 Å². The molecule has 2 N–H and O–H groups in total. The van der Waals surface area contributed by atoms with E-state index in [9.17, 15) is 0 Å². The zero-order chi connectivity index (χ0) is 14.7. The molecule has 3 heteroatoms. The maximum Gasteiger partial charge on any atom is 0.119 e. The number of hydrogen-bond acceptors (Lipinski definition) is 3. The van der Waals surface area contributed by atoms with Crippen LogP contribution in [-0.4, -0.2) is 31.1 Å². The summed E-state index contributed by atoms with van der Waals surface area (Å²) < 4.78 is 5.99. The first kappa shape index (κ1) is 14.9. The Bertz CT molecular complexity index is 474. The maximum absolute atomic E-state index is 6.16. The Labute approximate surface area is 128 Å². The predicted octanol–water partition coefficient (Wildman–Crippen LogP) is 3.28. The second kappa shape index (κ2) is 6.80. The first-order chi connectivity index (χ1) is 10.2. The minimum absolute atomic E-state index is 0.221. The molecule has 1 heterocycles. The minimum Gasteiger partial charge on any atom is -0.494 e. The standard InChI is InChI=1S/C18H28N2O/c1-20-11-3-2-6-15(20)10-12-21-16-8-9-17-14(13-16)5-4-7-18(17)19/h8-9,13,15,18H,2-7,10-12,19H2,1H3. The van der Waals surface area contributed by atoms with Crippen molar-refractivity contribution in [2.45, 2.75) is 57.0 Å².